The van der Waals surface area contributed by atoms with Crippen molar-refractivity contribution in [2.45, 2.75) is 0 Å². The van der Waals surface area contributed by atoms with Crippen LogP contribution in [0.2, 0.25) is 0 Å². The summed E-state index contributed by atoms with van der Waals surface area (Å²) in [5.41, 5.74) is 2.98. The molecule has 0 saturated carbocycles. The fraction of sp³-hybridized carbons (Fsp3) is 0. The first-order valence-corrected chi connectivity index (χ1v) is 21.2. The predicted octanol–water partition coefficient (Wildman–Crippen LogP) is 15.5. The first-order chi connectivity index (χ1) is 38.4. The minimum absolute atomic E-state index is 0.0870. The third kappa shape index (κ3) is 5.00. The fourth-order valence-electron chi connectivity index (χ4n) is 9.40. The number of hydrogen-bond donors (Lipinski definition) is 0. The van der Waals surface area contributed by atoms with Crippen molar-refractivity contribution in [1.82, 2.24) is 23.7 Å². The molecule has 14 aromatic rings. The van der Waals surface area contributed by atoms with Crippen molar-refractivity contribution < 1.29 is 21.9 Å². The molecule has 0 aliphatic carbocycles. The zero-order valence-corrected chi connectivity index (χ0v) is 33.9. The molecule has 0 atom stereocenters. The second-order valence-electron chi connectivity index (χ2n) is 15.3. The van der Waals surface area contributed by atoms with Crippen molar-refractivity contribution in [2.24, 2.45) is 0 Å². The SMILES string of the molecule is [2H]c1c([2H])c([2H])c2c(c1[2H])c1c([2H])c([2H])c([2H])c([2H])c1n2-c1cc(-c2c(-c3cccc4c3sc3ccccc34)cccc2-n2c3ccccc3c3ccccc32)nc(-n2c3c([2H])c([2H])c([2H])c([2H])c3c3c([2H])c([2H])c([2H])c([2H])c32)n1. The summed E-state index contributed by atoms with van der Waals surface area (Å²) in [6.07, 6.45) is 0. The minimum Gasteiger partial charge on any atom is -0.309 e. The van der Waals surface area contributed by atoms with E-state index in [-0.39, 0.29) is 55.1 Å². The van der Waals surface area contributed by atoms with Crippen molar-refractivity contribution in [3.8, 4) is 39.8 Å². The maximum atomic E-state index is 9.52. The Kier molecular flexibility index (Phi) is 4.93. The lowest BCUT2D eigenvalue weighted by Crippen LogP contribution is -2.09. The van der Waals surface area contributed by atoms with Crippen LogP contribution < -0.4 is 0 Å². The highest BCUT2D eigenvalue weighted by Crippen LogP contribution is 2.46. The van der Waals surface area contributed by atoms with Crippen LogP contribution in [0.25, 0.3) is 125 Å². The van der Waals surface area contributed by atoms with Crippen LogP contribution >= 0.6 is 11.3 Å². The normalized spacial score (nSPS) is 15.6. The molecule has 0 radical (unpaired) electrons. The van der Waals surface area contributed by atoms with Crippen molar-refractivity contribution in [3.63, 3.8) is 0 Å². The smallest absolute Gasteiger partial charge is 0.237 e. The molecule has 0 aliphatic heterocycles. The topological polar surface area (TPSA) is 40.6 Å². The second-order valence-corrected chi connectivity index (χ2v) is 16.4. The molecule has 0 spiro atoms. The highest BCUT2D eigenvalue weighted by atomic mass is 32.1. The van der Waals surface area contributed by atoms with Crippen LogP contribution in [0.3, 0.4) is 0 Å². The summed E-state index contributed by atoms with van der Waals surface area (Å²) < 4.78 is 153. The van der Waals surface area contributed by atoms with Gasteiger partial charge in [-0.05, 0) is 54.0 Å². The number of hydrogen-bond acceptors (Lipinski definition) is 3. The number of rotatable bonds is 5. The summed E-state index contributed by atoms with van der Waals surface area (Å²) in [6, 6.07) is 26.9. The van der Waals surface area contributed by atoms with Crippen molar-refractivity contribution in [1.29, 1.82) is 0 Å². The molecular weight excluding hydrogens is 799 g/mol. The number of fused-ring (bicyclic) bond motifs is 12. The molecule has 5 aromatic heterocycles. The molecule has 9 aromatic carbocycles. The zero-order valence-electron chi connectivity index (χ0n) is 49.1. The monoisotopic (exact) mass is 849 g/mol. The molecule has 298 valence electrons. The van der Waals surface area contributed by atoms with Crippen LogP contribution in [0.4, 0.5) is 0 Å². The molecule has 0 saturated heterocycles. The lowest BCUT2D eigenvalue weighted by atomic mass is 9.94. The quantitative estimate of drug-likeness (QED) is 0.173. The van der Waals surface area contributed by atoms with Gasteiger partial charge in [-0.2, -0.15) is 4.98 Å². The molecule has 5 heterocycles. The molecule has 0 N–H and O–H groups in total. The van der Waals surface area contributed by atoms with Crippen LogP contribution in [0, 0.1) is 0 Å². The molecule has 64 heavy (non-hydrogen) atoms. The lowest BCUT2D eigenvalue weighted by Gasteiger charge is -2.20. The Morgan fingerprint density at radius 1 is 0.391 bits per heavy atom. The number of thiophene rings is 1. The summed E-state index contributed by atoms with van der Waals surface area (Å²) in [5, 5.41) is 2.89. The third-order valence-electron chi connectivity index (χ3n) is 12.0. The van der Waals surface area contributed by atoms with E-state index >= 15 is 0 Å². The van der Waals surface area contributed by atoms with E-state index in [0.29, 0.717) is 16.8 Å². The summed E-state index contributed by atoms with van der Waals surface area (Å²) in [7, 11) is 0. The van der Waals surface area contributed by atoms with E-state index in [2.05, 4.69) is 10.6 Å². The van der Waals surface area contributed by atoms with E-state index in [1.165, 1.54) is 10.6 Å². The second kappa shape index (κ2) is 13.6. The summed E-state index contributed by atoms with van der Waals surface area (Å²) in [5.74, 6) is -0.660. The Bertz CT molecular complexity index is 4790. The number of nitrogens with zero attached hydrogens (tertiary/aromatic N) is 5. The summed E-state index contributed by atoms with van der Waals surface area (Å²) in [4.78, 5) is 10.5. The molecular formula is C58H35N5S. The first kappa shape index (κ1) is 23.2. The summed E-state index contributed by atoms with van der Waals surface area (Å²) >= 11 is 1.59. The Balaban J connectivity index is 1.25. The van der Waals surface area contributed by atoms with Crippen LogP contribution in [0.15, 0.2) is 212 Å². The van der Waals surface area contributed by atoms with E-state index in [1.807, 2.05) is 103 Å². The molecule has 0 fully saturated rings. The van der Waals surface area contributed by atoms with Gasteiger partial charge in [-0.3, -0.25) is 9.13 Å². The Hall–Kier alpha value is -8.32. The predicted molar refractivity (Wildman–Crippen MR) is 269 cm³/mol. The number of aromatic nitrogens is 5. The minimum atomic E-state index is -0.692. The number of para-hydroxylation sites is 6. The van der Waals surface area contributed by atoms with Gasteiger partial charge in [-0.25, -0.2) is 4.98 Å². The van der Waals surface area contributed by atoms with E-state index < -0.39 is 103 Å². The molecule has 0 amide bonds. The lowest BCUT2D eigenvalue weighted by molar-refractivity contribution is 0.951. The van der Waals surface area contributed by atoms with E-state index in [4.69, 9.17) is 20.9 Å². The fourth-order valence-corrected chi connectivity index (χ4v) is 10.6. The van der Waals surface area contributed by atoms with Gasteiger partial charge < -0.3 is 4.57 Å². The van der Waals surface area contributed by atoms with E-state index in [9.17, 15) is 11.0 Å². The zero-order chi connectivity index (χ0) is 55.8. The van der Waals surface area contributed by atoms with E-state index in [0.717, 1.165) is 52.1 Å². The van der Waals surface area contributed by atoms with Gasteiger partial charge in [0.05, 0.1) is 66.4 Å². The highest BCUT2D eigenvalue weighted by molar-refractivity contribution is 7.26. The van der Waals surface area contributed by atoms with Gasteiger partial charge in [0.15, 0.2) is 0 Å². The van der Waals surface area contributed by atoms with Crippen molar-refractivity contribution in [3.05, 3.63) is 212 Å². The van der Waals surface area contributed by atoms with Gasteiger partial charge in [-0.1, -0.05) is 157 Å². The van der Waals surface area contributed by atoms with Crippen LogP contribution in [-0.4, -0.2) is 23.7 Å². The Labute approximate surface area is 393 Å². The Morgan fingerprint density at radius 2 is 0.891 bits per heavy atom. The van der Waals surface area contributed by atoms with Gasteiger partial charge in [0, 0.05) is 69.7 Å². The maximum Gasteiger partial charge on any atom is 0.237 e. The summed E-state index contributed by atoms with van der Waals surface area (Å²) in [6.45, 7) is 0. The van der Waals surface area contributed by atoms with Crippen LogP contribution in [0.1, 0.15) is 21.9 Å². The molecule has 0 aliphatic rings. The molecule has 0 unspecified atom stereocenters. The largest absolute Gasteiger partial charge is 0.309 e. The average molecular weight is 850 g/mol. The molecule has 0 bridgehead atoms. The van der Waals surface area contributed by atoms with Crippen molar-refractivity contribution in [2.75, 3.05) is 0 Å². The van der Waals surface area contributed by atoms with Crippen molar-refractivity contribution >= 4 is 96.9 Å². The standard InChI is InChI=1S/C58H35N5S/c1-8-27-47-36(17-1)37-18-2-9-28-48(37)61(47)53-33-16-24-43(45-26-15-25-44-42-23-7-14-34-54(42)64-57(44)45)56(53)46-35-55(62-49-29-10-3-19-38(49)39-20-4-11-30-50(39)62)60-58(59-46)63-51-31-12-5-21-40(51)41-22-6-13-32-52(41)63/h1-35H/i3D,4D,5D,6D,10D,11D,12D,13D,19D,20D,21D,22D,29D,30D,31D,32D. The molecule has 5 nitrogen and oxygen atoms in total. The van der Waals surface area contributed by atoms with Crippen LogP contribution in [0.5, 0.6) is 0 Å². The van der Waals surface area contributed by atoms with Gasteiger partial charge in [0.2, 0.25) is 5.95 Å². The van der Waals surface area contributed by atoms with Gasteiger partial charge in [0.25, 0.3) is 0 Å². The van der Waals surface area contributed by atoms with Crippen LogP contribution in [-0.2, 0) is 0 Å². The molecule has 6 heteroatoms. The maximum absolute atomic E-state index is 9.52. The first-order valence-electron chi connectivity index (χ1n) is 28.4. The highest BCUT2D eigenvalue weighted by Gasteiger charge is 2.25. The van der Waals surface area contributed by atoms with Gasteiger partial charge >= 0.3 is 0 Å². The number of benzene rings is 9. The van der Waals surface area contributed by atoms with Gasteiger partial charge in [0.1, 0.15) is 5.82 Å². The van der Waals surface area contributed by atoms with E-state index in [1.54, 1.807) is 11.3 Å². The van der Waals surface area contributed by atoms with Gasteiger partial charge in [-0.15, -0.1) is 11.3 Å². The Morgan fingerprint density at radius 3 is 1.52 bits per heavy atom. The molecule has 14 rings (SSSR count). The third-order valence-corrected chi connectivity index (χ3v) is 13.2. The average Bonchev–Trinajstić information content (AvgIpc) is 3.72.